The van der Waals surface area contributed by atoms with Crippen LogP contribution in [0.4, 0.5) is 13.2 Å². The first-order chi connectivity index (χ1) is 7.61. The summed E-state index contributed by atoms with van der Waals surface area (Å²) in [5.74, 6) is 0. The lowest BCUT2D eigenvalue weighted by Gasteiger charge is -2.34. The Morgan fingerprint density at radius 3 is 2.00 bits per heavy atom. The summed E-state index contributed by atoms with van der Waals surface area (Å²) in [5, 5.41) is -1.09. The normalized spacial score (nSPS) is 21.2. The van der Waals surface area contributed by atoms with Crippen molar-refractivity contribution >= 4 is 26.9 Å². The Balaban J connectivity index is 3.00. The fourth-order valence-corrected chi connectivity index (χ4v) is 3.03. The SMILES string of the molecule is O=C(Cl)C1(NS(=O)(=O)C(F)(F)F)CCCCC1. The molecule has 4 nitrogen and oxygen atoms in total. The summed E-state index contributed by atoms with van der Waals surface area (Å²) in [6.07, 6.45) is 1.63. The molecule has 1 aliphatic carbocycles. The van der Waals surface area contributed by atoms with Gasteiger partial charge in [-0.3, -0.25) is 4.79 Å². The van der Waals surface area contributed by atoms with Gasteiger partial charge in [-0.25, -0.2) is 8.42 Å². The molecule has 1 saturated carbocycles. The van der Waals surface area contributed by atoms with Crippen LogP contribution < -0.4 is 4.72 Å². The van der Waals surface area contributed by atoms with Crippen molar-refractivity contribution in [3.05, 3.63) is 0 Å². The molecule has 0 saturated heterocycles. The van der Waals surface area contributed by atoms with Gasteiger partial charge in [0.25, 0.3) is 0 Å². The maximum atomic E-state index is 12.2. The van der Waals surface area contributed by atoms with Crippen LogP contribution in [-0.4, -0.2) is 24.7 Å². The van der Waals surface area contributed by atoms with Gasteiger partial charge >= 0.3 is 15.5 Å². The van der Waals surface area contributed by atoms with Crippen molar-refractivity contribution in [2.75, 3.05) is 0 Å². The lowest BCUT2D eigenvalue weighted by Crippen LogP contribution is -2.56. The van der Waals surface area contributed by atoms with Crippen LogP contribution in [0.25, 0.3) is 0 Å². The van der Waals surface area contributed by atoms with Gasteiger partial charge < -0.3 is 0 Å². The second-order valence-corrected chi connectivity index (χ2v) is 5.98. The highest BCUT2D eigenvalue weighted by molar-refractivity contribution is 7.90. The molecule has 0 radical (unpaired) electrons. The van der Waals surface area contributed by atoms with Gasteiger partial charge in [0.1, 0.15) is 5.54 Å². The van der Waals surface area contributed by atoms with E-state index < -0.39 is 26.3 Å². The summed E-state index contributed by atoms with van der Waals surface area (Å²) in [5.41, 5.74) is -7.25. The van der Waals surface area contributed by atoms with Crippen LogP contribution in [-0.2, 0) is 14.8 Å². The molecule has 9 heteroatoms. The second-order valence-electron chi connectivity index (χ2n) is 3.97. The molecule has 0 amide bonds. The number of hydrogen-bond donors (Lipinski definition) is 1. The lowest BCUT2D eigenvalue weighted by atomic mass is 9.84. The molecule has 0 unspecified atom stereocenters. The monoisotopic (exact) mass is 293 g/mol. The summed E-state index contributed by atoms with van der Waals surface area (Å²) in [7, 11) is -5.56. The Hall–Kier alpha value is -0.340. The van der Waals surface area contributed by atoms with E-state index in [1.54, 1.807) is 0 Å². The summed E-state index contributed by atoms with van der Waals surface area (Å²) >= 11 is 5.24. The van der Waals surface area contributed by atoms with Crippen molar-refractivity contribution in [2.45, 2.75) is 43.2 Å². The van der Waals surface area contributed by atoms with E-state index in [9.17, 15) is 26.4 Å². The minimum atomic E-state index is -5.56. The minimum Gasteiger partial charge on any atom is -0.279 e. The number of nitrogens with one attached hydrogen (secondary N) is 1. The van der Waals surface area contributed by atoms with E-state index in [1.165, 1.54) is 4.72 Å². The summed E-state index contributed by atoms with van der Waals surface area (Å²) in [6, 6.07) is 0. The van der Waals surface area contributed by atoms with Gasteiger partial charge in [-0.15, -0.1) is 0 Å². The Morgan fingerprint density at radius 2 is 1.65 bits per heavy atom. The molecule has 0 heterocycles. The van der Waals surface area contributed by atoms with Crippen molar-refractivity contribution in [3.8, 4) is 0 Å². The fraction of sp³-hybridized carbons (Fsp3) is 0.875. The van der Waals surface area contributed by atoms with Gasteiger partial charge in [-0.2, -0.15) is 17.9 Å². The van der Waals surface area contributed by atoms with Crippen LogP contribution in [0.15, 0.2) is 0 Å². The number of sulfonamides is 1. The smallest absolute Gasteiger partial charge is 0.279 e. The van der Waals surface area contributed by atoms with Crippen LogP contribution in [0, 0.1) is 0 Å². The van der Waals surface area contributed by atoms with E-state index in [1.807, 2.05) is 0 Å². The van der Waals surface area contributed by atoms with E-state index in [0.717, 1.165) is 6.42 Å². The van der Waals surface area contributed by atoms with Crippen LogP contribution in [0.5, 0.6) is 0 Å². The van der Waals surface area contributed by atoms with E-state index in [0.29, 0.717) is 12.8 Å². The molecule has 1 aliphatic rings. The average molecular weight is 294 g/mol. The first-order valence-electron chi connectivity index (χ1n) is 4.91. The first kappa shape index (κ1) is 14.7. The first-order valence-corrected chi connectivity index (χ1v) is 6.77. The van der Waals surface area contributed by atoms with Crippen LogP contribution in [0.1, 0.15) is 32.1 Å². The highest BCUT2D eigenvalue weighted by Gasteiger charge is 2.52. The predicted molar refractivity (Wildman–Crippen MR) is 54.8 cm³/mol. The Morgan fingerprint density at radius 1 is 1.18 bits per heavy atom. The molecule has 0 aromatic rings. The molecule has 0 bridgehead atoms. The van der Waals surface area contributed by atoms with E-state index in [2.05, 4.69) is 0 Å². The van der Waals surface area contributed by atoms with E-state index >= 15 is 0 Å². The summed E-state index contributed by atoms with van der Waals surface area (Å²) < 4.78 is 60.0. The number of rotatable bonds is 3. The predicted octanol–water partition coefficient (Wildman–Crippen LogP) is 1.89. The quantitative estimate of drug-likeness (QED) is 0.808. The molecule has 0 aromatic heterocycles. The zero-order chi connectivity index (χ0) is 13.3. The Kier molecular flexibility index (Phi) is 4.10. The van der Waals surface area contributed by atoms with Crippen LogP contribution in [0.3, 0.4) is 0 Å². The summed E-state index contributed by atoms with van der Waals surface area (Å²) in [4.78, 5) is 11.2. The Labute approximate surface area is 102 Å². The highest BCUT2D eigenvalue weighted by atomic mass is 35.5. The molecule has 0 atom stereocenters. The van der Waals surface area contributed by atoms with Crippen LogP contribution in [0.2, 0.25) is 0 Å². The Bertz CT molecular complexity index is 401. The standard InChI is InChI=1S/C8H11ClF3NO3S/c9-6(14)7(4-2-1-3-5-7)13-17(15,16)8(10,11)12/h13H,1-5H2. The zero-order valence-corrected chi connectivity index (χ0v) is 10.3. The third-order valence-electron chi connectivity index (χ3n) is 2.72. The minimum absolute atomic E-state index is 0.00928. The van der Waals surface area contributed by atoms with Crippen molar-refractivity contribution < 1.29 is 26.4 Å². The summed E-state index contributed by atoms with van der Waals surface area (Å²) in [6.45, 7) is 0. The van der Waals surface area contributed by atoms with Gasteiger partial charge in [-0.1, -0.05) is 19.3 Å². The third kappa shape index (κ3) is 3.11. The molecule has 17 heavy (non-hydrogen) atoms. The van der Waals surface area contributed by atoms with Gasteiger partial charge in [0.15, 0.2) is 0 Å². The molecule has 100 valence electrons. The average Bonchev–Trinajstić information content (AvgIpc) is 2.16. The molecule has 0 spiro atoms. The van der Waals surface area contributed by atoms with Crippen molar-refractivity contribution in [1.29, 1.82) is 0 Å². The van der Waals surface area contributed by atoms with Gasteiger partial charge in [0.2, 0.25) is 5.24 Å². The number of carbonyl (C=O) groups excluding carboxylic acids is 1. The molecule has 0 aliphatic heterocycles. The van der Waals surface area contributed by atoms with Crippen molar-refractivity contribution in [3.63, 3.8) is 0 Å². The van der Waals surface area contributed by atoms with E-state index in [4.69, 9.17) is 11.6 Å². The van der Waals surface area contributed by atoms with Gasteiger partial charge in [0.05, 0.1) is 0 Å². The number of hydrogen-bond acceptors (Lipinski definition) is 3. The van der Waals surface area contributed by atoms with E-state index in [-0.39, 0.29) is 12.8 Å². The largest absolute Gasteiger partial charge is 0.511 e. The molecule has 0 aromatic carbocycles. The molecule has 1 rings (SSSR count). The van der Waals surface area contributed by atoms with Crippen LogP contribution >= 0.6 is 11.6 Å². The molecular formula is C8H11ClF3NO3S. The number of halogens is 4. The fourth-order valence-electron chi connectivity index (χ4n) is 1.81. The molecule has 1 N–H and O–H groups in total. The van der Waals surface area contributed by atoms with Crippen molar-refractivity contribution in [1.82, 2.24) is 4.72 Å². The number of carbonyl (C=O) groups is 1. The second kappa shape index (κ2) is 4.74. The third-order valence-corrected chi connectivity index (χ3v) is 4.35. The maximum absolute atomic E-state index is 12.2. The highest BCUT2D eigenvalue weighted by Crippen LogP contribution is 2.33. The lowest BCUT2D eigenvalue weighted by molar-refractivity contribution is -0.118. The van der Waals surface area contributed by atoms with Crippen molar-refractivity contribution in [2.24, 2.45) is 0 Å². The van der Waals surface area contributed by atoms with Gasteiger partial charge in [-0.05, 0) is 24.4 Å². The number of alkyl halides is 3. The van der Waals surface area contributed by atoms with Gasteiger partial charge in [0, 0.05) is 0 Å². The molecule has 1 fully saturated rings. The molecular weight excluding hydrogens is 283 g/mol. The zero-order valence-electron chi connectivity index (χ0n) is 8.68. The topological polar surface area (TPSA) is 63.2 Å². The maximum Gasteiger partial charge on any atom is 0.511 e.